The fourth-order valence-electron chi connectivity index (χ4n) is 9.98. The van der Waals surface area contributed by atoms with Gasteiger partial charge in [-0.05, 0) is 159 Å². The summed E-state index contributed by atoms with van der Waals surface area (Å²) in [5.41, 5.74) is 6.11. The molecule has 1 N–H and O–H groups in total. The summed E-state index contributed by atoms with van der Waals surface area (Å²) in [7, 11) is 0. The number of likely N-dealkylation sites (tertiary alicyclic amines) is 2. The monoisotopic (exact) mass is 1080 g/mol. The molecule has 4 heterocycles. The molecule has 15 heteroatoms. The predicted molar refractivity (Wildman–Crippen MR) is 285 cm³/mol. The summed E-state index contributed by atoms with van der Waals surface area (Å²) in [6.45, 7) is 3.75. The van der Waals surface area contributed by atoms with E-state index in [1.807, 2.05) is 60.7 Å². The molecule has 75 heavy (non-hydrogen) atoms. The highest BCUT2D eigenvalue weighted by molar-refractivity contribution is 9.09. The minimum absolute atomic E-state index is 0.145. The van der Waals surface area contributed by atoms with Crippen molar-refractivity contribution in [1.82, 2.24) is 28.9 Å². The number of carbonyl (C=O) groups excluding carboxylic acids is 2. The summed E-state index contributed by atoms with van der Waals surface area (Å²) < 4.78 is 65.7. The van der Waals surface area contributed by atoms with Crippen molar-refractivity contribution in [3.05, 3.63) is 191 Å². The maximum absolute atomic E-state index is 14.6. The van der Waals surface area contributed by atoms with Crippen LogP contribution in [0.2, 0.25) is 0 Å². The highest BCUT2D eigenvalue weighted by atomic mass is 79.9. The molecule has 0 unspecified atom stereocenters. The first-order valence-electron chi connectivity index (χ1n) is 25.9. The van der Waals surface area contributed by atoms with Crippen LogP contribution in [0.4, 0.5) is 17.6 Å². The van der Waals surface area contributed by atoms with Gasteiger partial charge in [-0.25, -0.2) is 27.5 Å². The number of rotatable bonds is 12. The summed E-state index contributed by atoms with van der Waals surface area (Å²) in [6, 6.07) is 37.3. The van der Waals surface area contributed by atoms with Crippen molar-refractivity contribution in [3.8, 4) is 11.5 Å². The van der Waals surface area contributed by atoms with Gasteiger partial charge in [-0.15, -0.1) is 0 Å². The van der Waals surface area contributed by atoms with Crippen LogP contribution in [0.15, 0.2) is 133 Å². The van der Waals surface area contributed by atoms with Crippen LogP contribution in [0.5, 0.6) is 11.5 Å². The van der Waals surface area contributed by atoms with E-state index in [0.717, 1.165) is 95.4 Å². The molecule has 0 bridgehead atoms. The van der Waals surface area contributed by atoms with Crippen LogP contribution in [0.1, 0.15) is 107 Å². The molecule has 2 aliphatic carbocycles. The number of halogens is 5. The van der Waals surface area contributed by atoms with E-state index in [2.05, 4.69) is 25.1 Å². The number of carbonyl (C=O) groups is 2. The molecule has 12 rings (SSSR count). The van der Waals surface area contributed by atoms with E-state index in [0.29, 0.717) is 57.4 Å². The zero-order valence-electron chi connectivity index (χ0n) is 41.6. The normalized spacial score (nSPS) is 16.1. The number of phenolic OH excluding ortho intramolecular Hbond substituents is 1. The third-order valence-corrected chi connectivity index (χ3v) is 15.5. The van der Waals surface area contributed by atoms with Gasteiger partial charge < -0.3 is 28.8 Å². The summed E-state index contributed by atoms with van der Waals surface area (Å²) in [4.78, 5) is 39.3. The summed E-state index contributed by atoms with van der Waals surface area (Å²) >= 11 is 3.38. The summed E-state index contributed by atoms with van der Waals surface area (Å²) in [5, 5.41) is 10.6. The Morgan fingerprint density at radius 2 is 1.01 bits per heavy atom. The number of imidazole rings is 2. The number of ether oxygens (including phenoxy) is 1. The molecule has 2 aliphatic heterocycles. The lowest BCUT2D eigenvalue weighted by molar-refractivity contribution is 0.0702. The van der Waals surface area contributed by atoms with Crippen molar-refractivity contribution >= 4 is 49.8 Å². The number of amides is 2. The second kappa shape index (κ2) is 23.3. The van der Waals surface area contributed by atoms with Crippen LogP contribution >= 0.6 is 15.9 Å². The first kappa shape index (κ1) is 51.5. The van der Waals surface area contributed by atoms with E-state index >= 15 is 0 Å². The van der Waals surface area contributed by atoms with Crippen LogP contribution in [-0.4, -0.2) is 83.9 Å². The fraction of sp³-hybridized carbons (Fsp3) is 0.333. The van der Waals surface area contributed by atoms with E-state index in [4.69, 9.17) is 14.7 Å². The van der Waals surface area contributed by atoms with Crippen molar-refractivity contribution in [2.45, 2.75) is 76.3 Å². The van der Waals surface area contributed by atoms with Crippen molar-refractivity contribution in [3.63, 3.8) is 0 Å². The molecule has 6 aromatic carbocycles. The molecular formula is C60H59BrF4N6O4. The van der Waals surface area contributed by atoms with Gasteiger partial charge in [0, 0.05) is 67.6 Å². The Balaban J connectivity index is 0.000000157. The maximum Gasteiger partial charge on any atom is 0.253 e. The van der Waals surface area contributed by atoms with E-state index in [-0.39, 0.29) is 46.6 Å². The highest BCUT2D eigenvalue weighted by Crippen LogP contribution is 2.35. The van der Waals surface area contributed by atoms with Gasteiger partial charge >= 0.3 is 0 Å². The molecule has 4 fully saturated rings. The third kappa shape index (κ3) is 12.6. The number of phenols is 1. The highest BCUT2D eigenvalue weighted by Gasteiger charge is 2.31. The Morgan fingerprint density at radius 3 is 1.44 bits per heavy atom. The fourth-order valence-corrected chi connectivity index (χ4v) is 10.6. The molecule has 2 saturated carbocycles. The first-order valence-corrected chi connectivity index (χ1v) is 27.0. The number of benzene rings is 6. The second-order valence-electron chi connectivity index (χ2n) is 20.1. The van der Waals surface area contributed by atoms with E-state index in [9.17, 15) is 32.3 Å². The minimum atomic E-state index is -0.804. The number of hydrogen-bond donors (Lipinski definition) is 1. The van der Waals surface area contributed by atoms with Gasteiger partial charge in [-0.1, -0.05) is 64.5 Å². The zero-order chi connectivity index (χ0) is 52.0. The maximum atomic E-state index is 14.6. The molecule has 2 amide bonds. The minimum Gasteiger partial charge on any atom is -0.505 e. The average molecular weight is 1080 g/mol. The lowest BCUT2D eigenvalue weighted by Gasteiger charge is -2.32. The Kier molecular flexibility index (Phi) is 16.0. The molecule has 2 aromatic heterocycles. The van der Waals surface area contributed by atoms with Gasteiger partial charge in [0.15, 0.2) is 23.1 Å². The van der Waals surface area contributed by atoms with Crippen molar-refractivity contribution < 1.29 is 37.0 Å². The van der Waals surface area contributed by atoms with Gasteiger partial charge in [-0.3, -0.25) is 9.59 Å². The Hall–Kier alpha value is -7.00. The Morgan fingerprint density at radius 1 is 0.547 bits per heavy atom. The lowest BCUT2D eigenvalue weighted by atomic mass is 9.95. The molecule has 8 aromatic rings. The van der Waals surface area contributed by atoms with Gasteiger partial charge in [0.25, 0.3) is 11.8 Å². The molecule has 0 radical (unpaired) electrons. The van der Waals surface area contributed by atoms with E-state index in [1.54, 1.807) is 40.1 Å². The van der Waals surface area contributed by atoms with Crippen molar-refractivity contribution in [2.75, 3.05) is 38.1 Å². The first-order chi connectivity index (χ1) is 36.5. The van der Waals surface area contributed by atoms with Crippen LogP contribution in [0.3, 0.4) is 0 Å². The van der Waals surface area contributed by atoms with Crippen LogP contribution < -0.4 is 4.74 Å². The SMILES string of the molecule is BrCC1CC1.O=C(c1ccc(O)c(F)c1)N1CCC(c2nc3ccccc3n2Cc2cccc(F)c2)CC1.O=C(c1ccc(OCC2CC2)c(F)c1)N1CCC(c2nc3ccccc3n2Cc2cccc(F)c2)CC1. The van der Waals surface area contributed by atoms with Crippen LogP contribution in [0.25, 0.3) is 22.1 Å². The predicted octanol–water partition coefficient (Wildman–Crippen LogP) is 13.1. The Labute approximate surface area is 442 Å². The molecule has 2 saturated heterocycles. The quantitative estimate of drug-likeness (QED) is 0.0965. The smallest absolute Gasteiger partial charge is 0.253 e. The summed E-state index contributed by atoms with van der Waals surface area (Å²) in [5.74, 6) is 1.29. The largest absolute Gasteiger partial charge is 0.505 e. The van der Waals surface area contributed by atoms with Gasteiger partial charge in [0.05, 0.1) is 28.7 Å². The number of nitrogens with zero attached hydrogens (tertiary/aromatic N) is 6. The van der Waals surface area contributed by atoms with Crippen molar-refractivity contribution in [2.24, 2.45) is 11.8 Å². The van der Waals surface area contributed by atoms with E-state index in [1.165, 1.54) is 54.6 Å². The van der Waals surface area contributed by atoms with E-state index < -0.39 is 17.4 Å². The van der Waals surface area contributed by atoms with Crippen molar-refractivity contribution in [1.29, 1.82) is 0 Å². The van der Waals surface area contributed by atoms with Gasteiger partial charge in [0.1, 0.15) is 23.3 Å². The number of fused-ring (bicyclic) bond motifs is 2. The number of para-hydroxylation sites is 4. The molecule has 0 atom stereocenters. The standard InChI is InChI=1S/C30H29F2N3O2.C26H23F2N3O2.C4H7Br/c31-24-5-3-4-21(16-24)18-35-27-7-2-1-6-26(27)33-29(35)22-12-14-34(15-13-22)30(36)23-10-11-28(25(32)17-23)37-19-20-8-9-20;27-20-5-3-4-17(14-20)16-31-23-7-2-1-6-22(23)29-25(31)18-10-12-30(13-11-18)26(33)19-8-9-24(32)21(28)15-19;5-3-4-1-2-4/h1-7,10-11,16-17,20,22H,8-9,12-15,18-19H2;1-9,14-15,18,32H,10-13,16H2;4H,1-3H2. The number of aromatic nitrogens is 4. The number of piperidine rings is 2. The second-order valence-corrected chi connectivity index (χ2v) is 20.8. The topological polar surface area (TPSA) is 106 Å². The molecule has 10 nitrogen and oxygen atoms in total. The Bertz CT molecular complexity index is 3300. The lowest BCUT2D eigenvalue weighted by Crippen LogP contribution is -2.38. The molecule has 0 spiro atoms. The molecule has 4 aliphatic rings. The number of aromatic hydroxyl groups is 1. The molecular weight excluding hydrogens is 1020 g/mol. The molecule has 388 valence electrons. The third-order valence-electron chi connectivity index (χ3n) is 14.6. The summed E-state index contributed by atoms with van der Waals surface area (Å²) in [6.07, 6.45) is 8.14. The number of hydrogen-bond acceptors (Lipinski definition) is 6. The van der Waals surface area contributed by atoms with Gasteiger partial charge in [0.2, 0.25) is 0 Å². The number of alkyl halides is 1. The zero-order valence-corrected chi connectivity index (χ0v) is 43.2. The average Bonchev–Trinajstić information content (AvgIpc) is 4.38. The van der Waals surface area contributed by atoms with Crippen LogP contribution in [-0.2, 0) is 13.1 Å². The van der Waals surface area contributed by atoms with Gasteiger partial charge in [-0.2, -0.15) is 0 Å². The van der Waals surface area contributed by atoms with Crippen LogP contribution in [0, 0.1) is 35.1 Å².